The molecule has 0 unspecified atom stereocenters. The lowest BCUT2D eigenvalue weighted by Gasteiger charge is -2.51. The van der Waals surface area contributed by atoms with Crippen molar-refractivity contribution >= 4 is 58.2 Å². The van der Waals surface area contributed by atoms with E-state index in [4.69, 9.17) is 102 Å². The highest BCUT2D eigenvalue weighted by molar-refractivity contribution is 6.76. The number of hydrogen-bond donors (Lipinski definition) is 13. The van der Waals surface area contributed by atoms with Crippen molar-refractivity contribution in [3.8, 4) is 0 Å². The Morgan fingerprint density at radius 3 is 0.540 bits per heavy atom. The van der Waals surface area contributed by atoms with E-state index >= 15 is 0 Å². The van der Waals surface area contributed by atoms with Crippen LogP contribution in [0.25, 0.3) is 0 Å². The third-order valence-corrected chi connectivity index (χ3v) is 64.3. The number of rotatable bonds is 32. The van der Waals surface area contributed by atoms with Gasteiger partial charge in [-0.2, -0.15) is 0 Å². The molecule has 15 fully saturated rings. The van der Waals surface area contributed by atoms with Crippen molar-refractivity contribution in [3.05, 3.63) is 12.7 Å². The van der Waals surface area contributed by atoms with Gasteiger partial charge in [-0.3, -0.25) is 0 Å². The number of hydrogen-bond acceptors (Lipinski definition) is 35. The van der Waals surface area contributed by atoms with Crippen molar-refractivity contribution in [1.29, 1.82) is 0 Å². The molecular formula is C95H188O35Si7. The Labute approximate surface area is 826 Å². The molecule has 14 bridgehead atoms. The topological polar surface area (TPSA) is 466 Å². The Morgan fingerprint density at radius 2 is 0.365 bits per heavy atom. The summed E-state index contributed by atoms with van der Waals surface area (Å²) < 4.78 is 151. The molecule has 35 atom stereocenters. The monoisotopic (exact) mass is 2090 g/mol. The van der Waals surface area contributed by atoms with Gasteiger partial charge in [0.25, 0.3) is 0 Å². The first-order chi connectivity index (χ1) is 62.5. The maximum Gasteiger partial charge on any atom is 0.192 e. The van der Waals surface area contributed by atoms with Crippen LogP contribution in [-0.2, 0) is 102 Å². The number of unbranched alkanes of at least 4 members (excludes halogenated alkanes) is 7. The second kappa shape index (κ2) is 47.6. The molecule has 15 aliphatic rings. The normalized spacial score (nSPS) is 38.2. The maximum atomic E-state index is 13.6. The predicted octanol–water partition coefficient (Wildman–Crippen LogP) is 10.3. The van der Waals surface area contributed by atoms with Gasteiger partial charge in [0.2, 0.25) is 0 Å². The minimum absolute atomic E-state index is 0.0162. The van der Waals surface area contributed by atoms with Crippen LogP contribution in [0, 0.1) is 0 Å². The lowest BCUT2D eigenvalue weighted by atomic mass is 9.95. The molecular weight excluding hydrogens is 1900 g/mol. The molecule has 42 heteroatoms. The summed E-state index contributed by atoms with van der Waals surface area (Å²) >= 11 is 0. The molecule has 137 heavy (non-hydrogen) atoms. The molecule has 15 heterocycles. The van der Waals surface area contributed by atoms with Gasteiger partial charge in [0.15, 0.2) is 102 Å². The van der Waals surface area contributed by atoms with Gasteiger partial charge in [0.1, 0.15) is 171 Å². The molecule has 0 spiro atoms. The van der Waals surface area contributed by atoms with Crippen LogP contribution in [0.3, 0.4) is 0 Å². The summed E-state index contributed by atoms with van der Waals surface area (Å²) in [5.41, 5.74) is 0. The summed E-state index contributed by atoms with van der Waals surface area (Å²) in [5, 5.41) is 165. The quantitative estimate of drug-likeness (QED) is 0.0169. The molecule has 0 radical (unpaired) electrons. The zero-order valence-corrected chi connectivity index (χ0v) is 96.6. The molecule has 0 aromatic rings. The third-order valence-electron chi connectivity index (χ3n) is 32.8. The van der Waals surface area contributed by atoms with Gasteiger partial charge >= 0.3 is 0 Å². The second-order valence-corrected chi connectivity index (χ2v) is 83.9. The van der Waals surface area contributed by atoms with E-state index < -0.39 is 308 Å². The highest BCUT2D eigenvalue weighted by atomic mass is 28.4. The van der Waals surface area contributed by atoms with Gasteiger partial charge in [-0.25, -0.2) is 0 Å². The van der Waals surface area contributed by atoms with Gasteiger partial charge in [-0.05, 0) is 146 Å². The summed E-state index contributed by atoms with van der Waals surface area (Å²) in [6.45, 7) is 71.9. The van der Waals surface area contributed by atoms with E-state index in [1.54, 1.807) is 0 Å². The van der Waals surface area contributed by atoms with E-state index in [9.17, 15) is 66.4 Å². The number of aliphatic hydroxyl groups is 13. The minimum atomic E-state index is -2.83. The third kappa shape index (κ3) is 30.0. The summed E-state index contributed by atoms with van der Waals surface area (Å²) in [6, 6.07) is 0. The van der Waals surface area contributed by atoms with E-state index in [-0.39, 0.29) is 52.9 Å². The number of fused-ring (bicyclic) bond motifs is 7. The Bertz CT molecular complexity index is 3620. The summed E-state index contributed by atoms with van der Waals surface area (Å²) in [5.74, 6) is 0. The lowest BCUT2D eigenvalue weighted by Crippen LogP contribution is -2.69. The molecule has 0 aliphatic carbocycles. The Kier molecular flexibility index (Phi) is 42.4. The number of ether oxygens (including phenoxy) is 15. The first-order valence-electron chi connectivity index (χ1n) is 50.2. The maximum absolute atomic E-state index is 13.6. The van der Waals surface area contributed by atoms with E-state index in [2.05, 4.69) is 6.58 Å². The zero-order chi connectivity index (χ0) is 104. The fourth-order valence-corrected chi connectivity index (χ4v) is 22.6. The van der Waals surface area contributed by atoms with Gasteiger partial charge < -0.3 is 168 Å². The van der Waals surface area contributed by atoms with E-state index in [1.807, 2.05) is 243 Å². The molecule has 13 N–H and O–H groups in total. The van der Waals surface area contributed by atoms with Crippen LogP contribution in [0.5, 0.6) is 0 Å². The summed E-state index contributed by atoms with van der Waals surface area (Å²) in [7, 11) is -19.8. The first-order valence-corrected chi connectivity index (χ1v) is 70.5. The summed E-state index contributed by atoms with van der Waals surface area (Å²) in [6.07, 6.45) is -54.4. The Balaban J connectivity index is 1.34. The Hall–Kier alpha value is -0.142. The van der Waals surface area contributed by atoms with Crippen molar-refractivity contribution in [2.24, 2.45) is 0 Å². The van der Waals surface area contributed by atoms with Crippen molar-refractivity contribution in [2.45, 2.75) is 539 Å². The van der Waals surface area contributed by atoms with Gasteiger partial charge in [-0.1, -0.05) is 184 Å². The van der Waals surface area contributed by atoms with Gasteiger partial charge in [0, 0.05) is 6.61 Å². The van der Waals surface area contributed by atoms with Crippen LogP contribution in [0.2, 0.25) is 127 Å². The smallest absolute Gasteiger partial charge is 0.192 e. The van der Waals surface area contributed by atoms with E-state index in [0.29, 0.717) is 6.42 Å². The van der Waals surface area contributed by atoms with E-state index in [1.165, 1.54) is 0 Å². The van der Waals surface area contributed by atoms with Crippen molar-refractivity contribution in [3.63, 3.8) is 0 Å². The highest BCUT2D eigenvalue weighted by Gasteiger charge is 2.63. The summed E-state index contributed by atoms with van der Waals surface area (Å²) in [4.78, 5) is 0. The zero-order valence-electron chi connectivity index (χ0n) is 89.6. The van der Waals surface area contributed by atoms with E-state index in [0.717, 1.165) is 44.9 Å². The fraction of sp³-hybridized carbons (Fsp3) is 0.979. The number of aliphatic hydroxyl groups excluding tert-OH is 13. The molecule has 0 saturated carbocycles. The van der Waals surface area contributed by atoms with Crippen LogP contribution in [0.15, 0.2) is 12.7 Å². The second-order valence-electron chi connectivity index (χ2n) is 50.3. The predicted molar refractivity (Wildman–Crippen MR) is 532 cm³/mol. The molecule has 15 saturated heterocycles. The average Bonchev–Trinajstić information content (AvgIpc) is 0.843. The van der Waals surface area contributed by atoms with Crippen LogP contribution in [-0.4, -0.2) is 392 Å². The van der Waals surface area contributed by atoms with Crippen LogP contribution in [0.1, 0.15) is 197 Å². The van der Waals surface area contributed by atoms with Gasteiger partial charge in [0.05, 0.1) is 46.2 Å². The molecule has 806 valence electrons. The molecule has 0 aromatic heterocycles. The number of allylic oxidation sites excluding steroid dienone is 1. The molecule has 35 nitrogen and oxygen atoms in total. The molecule has 15 rings (SSSR count). The van der Waals surface area contributed by atoms with Crippen molar-refractivity contribution in [1.82, 2.24) is 0 Å². The SMILES string of the molecule is C=CCCCCCCCCCO[C@H]1[C@@H]2O[C@@H]3[C@@H](O)[C@H](O)[C@H](O[C@@H]4[C@@H](O)[C@H](O)[C@H](O[C@@H]5[C@@H](O)[C@H](O)[C@H](O[C@@H]6[C@@H](O)[C@H](O)[C@H](O[C@@H]7[C@@H](O)[C@H](O)[C@H](O[C@@H]8[C@@H](O)[C@H](O)[C@H](O[C@H]([C@H]1O)[C@H](CO[Si](C)(C)C(C)(C)C)O2)O[C@H]8CO[Si](C)(C)C(C)(C)C)O[C@H]7CO[Si](C)(C)C(C)(C)C)O[C@H]6CO[Si](C)(C)C(C)(C)C)O[C@H]5CO[Si](C)(C)C(C)(C)C)O[C@H]4CO[Si](C)(C)C(C)(C)C)O[C@H]3CO[Si](C)(C)C(C)(C)C. The van der Waals surface area contributed by atoms with Crippen LogP contribution >= 0.6 is 0 Å². The van der Waals surface area contributed by atoms with Crippen molar-refractivity contribution in [2.75, 3.05) is 52.9 Å². The Morgan fingerprint density at radius 1 is 0.212 bits per heavy atom. The van der Waals surface area contributed by atoms with Crippen LogP contribution < -0.4 is 0 Å². The highest BCUT2D eigenvalue weighted by Crippen LogP contribution is 2.49. The molecule has 0 aromatic carbocycles. The first kappa shape index (κ1) is 122. The molecule has 15 aliphatic heterocycles. The fourth-order valence-electron chi connectivity index (χ4n) is 15.5. The molecule has 0 amide bonds. The average molecular weight is 2090 g/mol. The van der Waals surface area contributed by atoms with Gasteiger partial charge in [-0.15, -0.1) is 6.58 Å². The lowest BCUT2D eigenvalue weighted by molar-refractivity contribution is -0.397. The minimum Gasteiger partial charge on any atom is -0.414 e. The standard InChI is InChI=1S/C95H188O35Si7/c1-37-38-39-40-41-42-43-44-45-46-109-81-73(108)80-60(53-116-137(35,36)95(20,21)22)123-88(81)130-79-59(52-115-136(33,34)94(17,18)19)122-86(72(107)66(79)101)128-77-57(50-113-134(29,30)92(11,12)13)120-84(70(105)64(77)99)126-75-55(48-111-132(25,26)90(5,6)7)118-82(68(103)62(75)97)124-74-54(47-110-131(23,24)89(2,3)4)117-83(67(102)61(74)96)125-76-56(49-112-133(27,28)91(8,9)10)119-85(69(104)63(76)98)127-78-58(51-114-135(31,32)93(14,15)16)121-87(129-80)71(106)65(78)100/h37,54-88,96-108H,1,38-53H2,2-36H3/t54-,55-,56-,57-,58-,59-,60-,61-,62-,63-,64-,65-,66-,67-,68-,69-,70-,71-,72-,73+,74-,75-,76-,77-,78-,79-,80-,81+,82-,83-,84-,85-,86-,87-,88-/m0/s1. The largest absolute Gasteiger partial charge is 0.414 e. The van der Waals surface area contributed by atoms with Crippen LogP contribution in [0.4, 0.5) is 0 Å². The van der Waals surface area contributed by atoms with Crippen molar-refractivity contribution < 1.29 is 168 Å².